The van der Waals surface area contributed by atoms with E-state index in [2.05, 4.69) is 15.8 Å². The maximum atomic E-state index is 12.0. The Bertz CT molecular complexity index is 849. The van der Waals surface area contributed by atoms with Crippen LogP contribution in [0.1, 0.15) is 24.1 Å². The highest BCUT2D eigenvalue weighted by Crippen LogP contribution is 2.22. The fraction of sp³-hybridized carbons (Fsp3) is 0.250. The van der Waals surface area contributed by atoms with E-state index in [1.165, 1.54) is 13.3 Å². The van der Waals surface area contributed by atoms with E-state index in [0.717, 1.165) is 5.56 Å². The summed E-state index contributed by atoms with van der Waals surface area (Å²) in [6.07, 6.45) is 1.37. The Morgan fingerprint density at radius 2 is 1.57 bits per heavy atom. The summed E-state index contributed by atoms with van der Waals surface area (Å²) >= 11 is 0. The molecule has 0 aromatic heterocycles. The van der Waals surface area contributed by atoms with E-state index in [-0.39, 0.29) is 6.04 Å². The second kappa shape index (κ2) is 9.96. The predicted octanol–water partition coefficient (Wildman–Crippen LogP) is 2.04. The summed E-state index contributed by atoms with van der Waals surface area (Å²) in [6.45, 7) is 1.78. The van der Waals surface area contributed by atoms with E-state index in [1.54, 1.807) is 51.5 Å². The van der Waals surface area contributed by atoms with Crippen molar-refractivity contribution in [2.45, 2.75) is 13.0 Å². The van der Waals surface area contributed by atoms with Gasteiger partial charge in [-0.05, 0) is 42.8 Å². The van der Waals surface area contributed by atoms with Crippen molar-refractivity contribution in [2.24, 2.45) is 5.10 Å². The van der Waals surface area contributed by atoms with Gasteiger partial charge in [-0.1, -0.05) is 12.1 Å². The van der Waals surface area contributed by atoms with Gasteiger partial charge in [0.15, 0.2) is 0 Å². The number of nitrogens with one attached hydrogen (secondary N) is 2. The van der Waals surface area contributed by atoms with Gasteiger partial charge in [0.25, 0.3) is 0 Å². The number of hydrogen-bond acceptors (Lipinski definition) is 6. The van der Waals surface area contributed by atoms with E-state index >= 15 is 0 Å². The van der Waals surface area contributed by atoms with Crippen LogP contribution in [0.4, 0.5) is 0 Å². The normalized spacial score (nSPS) is 11.6. The Balaban J connectivity index is 1.95. The molecule has 0 aliphatic heterocycles. The summed E-state index contributed by atoms with van der Waals surface area (Å²) in [6, 6.07) is 12.0. The van der Waals surface area contributed by atoms with Gasteiger partial charge in [0.1, 0.15) is 17.2 Å². The highest BCUT2D eigenvalue weighted by atomic mass is 16.5. The van der Waals surface area contributed by atoms with Crippen LogP contribution in [-0.2, 0) is 9.59 Å². The first-order valence-corrected chi connectivity index (χ1v) is 8.48. The van der Waals surface area contributed by atoms with Crippen LogP contribution in [0.25, 0.3) is 0 Å². The molecular weight excluding hydrogens is 362 g/mol. The molecule has 2 aromatic carbocycles. The molecule has 0 fully saturated rings. The lowest BCUT2D eigenvalue weighted by atomic mass is 10.1. The molecular formula is C20H23N3O5. The zero-order chi connectivity index (χ0) is 20.5. The van der Waals surface area contributed by atoms with Crippen LogP contribution in [0.2, 0.25) is 0 Å². The smallest absolute Gasteiger partial charge is 0.329 e. The molecule has 0 saturated carbocycles. The van der Waals surface area contributed by atoms with Gasteiger partial charge in [-0.2, -0.15) is 5.10 Å². The lowest BCUT2D eigenvalue weighted by Crippen LogP contribution is -2.39. The number of carbonyl (C=O) groups excluding carboxylic acids is 2. The first-order chi connectivity index (χ1) is 13.5. The van der Waals surface area contributed by atoms with Gasteiger partial charge in [-0.25, -0.2) is 5.43 Å². The molecule has 0 spiro atoms. The van der Waals surface area contributed by atoms with Gasteiger partial charge in [0, 0.05) is 5.56 Å². The van der Waals surface area contributed by atoms with Crippen LogP contribution in [0.5, 0.6) is 17.2 Å². The third-order valence-electron chi connectivity index (χ3n) is 3.98. The first-order valence-electron chi connectivity index (χ1n) is 8.48. The van der Waals surface area contributed by atoms with Gasteiger partial charge in [-0.15, -0.1) is 0 Å². The van der Waals surface area contributed by atoms with Crippen LogP contribution in [-0.4, -0.2) is 39.4 Å². The molecule has 0 radical (unpaired) electrons. The quantitative estimate of drug-likeness (QED) is 0.432. The fourth-order valence-electron chi connectivity index (χ4n) is 2.39. The average molecular weight is 385 g/mol. The zero-order valence-corrected chi connectivity index (χ0v) is 16.2. The van der Waals surface area contributed by atoms with E-state index in [4.69, 9.17) is 14.2 Å². The number of methoxy groups -OCH3 is 3. The van der Waals surface area contributed by atoms with Crippen molar-refractivity contribution in [3.8, 4) is 17.2 Å². The second-order valence-electron chi connectivity index (χ2n) is 5.78. The van der Waals surface area contributed by atoms with Crippen molar-refractivity contribution in [1.29, 1.82) is 0 Å². The first kappa shape index (κ1) is 20.8. The van der Waals surface area contributed by atoms with Crippen molar-refractivity contribution < 1.29 is 23.8 Å². The summed E-state index contributed by atoms with van der Waals surface area (Å²) in [5.41, 5.74) is 3.63. The van der Waals surface area contributed by atoms with Gasteiger partial charge >= 0.3 is 11.8 Å². The monoisotopic (exact) mass is 385 g/mol. The number of hydrazone groups is 1. The number of ether oxygens (including phenoxy) is 3. The lowest BCUT2D eigenvalue weighted by Gasteiger charge is -2.14. The van der Waals surface area contributed by atoms with Gasteiger partial charge in [-0.3, -0.25) is 9.59 Å². The zero-order valence-electron chi connectivity index (χ0n) is 16.2. The van der Waals surface area contributed by atoms with E-state index in [0.29, 0.717) is 22.8 Å². The molecule has 0 unspecified atom stereocenters. The van der Waals surface area contributed by atoms with Crippen LogP contribution in [0, 0.1) is 0 Å². The Hall–Kier alpha value is -3.55. The maximum Gasteiger partial charge on any atom is 0.329 e. The maximum absolute atomic E-state index is 12.0. The SMILES string of the molecule is COc1ccc([C@H](C)NC(=O)C(=O)N/N=C\c2cc(OC)ccc2OC)cc1. The predicted molar refractivity (Wildman–Crippen MR) is 105 cm³/mol. The van der Waals surface area contributed by atoms with Crippen LogP contribution >= 0.6 is 0 Å². The van der Waals surface area contributed by atoms with Gasteiger partial charge < -0.3 is 19.5 Å². The highest BCUT2D eigenvalue weighted by molar-refractivity contribution is 6.35. The van der Waals surface area contributed by atoms with Crippen LogP contribution in [0.3, 0.4) is 0 Å². The minimum absolute atomic E-state index is 0.355. The number of hydrogen-bond donors (Lipinski definition) is 2. The lowest BCUT2D eigenvalue weighted by molar-refractivity contribution is -0.139. The summed E-state index contributed by atoms with van der Waals surface area (Å²) in [5, 5.41) is 6.42. The minimum Gasteiger partial charge on any atom is -0.497 e. The van der Waals surface area contributed by atoms with Crippen molar-refractivity contribution >= 4 is 18.0 Å². The molecule has 2 N–H and O–H groups in total. The molecule has 2 aromatic rings. The molecule has 0 heterocycles. The summed E-state index contributed by atoms with van der Waals surface area (Å²) in [5.74, 6) is 0.204. The molecule has 0 aliphatic carbocycles. The summed E-state index contributed by atoms with van der Waals surface area (Å²) < 4.78 is 15.5. The second-order valence-corrected chi connectivity index (χ2v) is 5.78. The number of carbonyl (C=O) groups is 2. The van der Waals surface area contributed by atoms with Crippen molar-refractivity contribution in [1.82, 2.24) is 10.7 Å². The summed E-state index contributed by atoms with van der Waals surface area (Å²) in [4.78, 5) is 24.0. The molecule has 148 valence electrons. The van der Waals surface area contributed by atoms with Gasteiger partial charge in [0.05, 0.1) is 33.6 Å². The third kappa shape index (κ3) is 5.47. The Morgan fingerprint density at radius 1 is 0.929 bits per heavy atom. The number of rotatable bonds is 7. The standard InChI is InChI=1S/C20H23N3O5/c1-13(14-5-7-16(26-2)8-6-14)22-19(24)20(25)23-21-12-15-11-17(27-3)9-10-18(15)28-4/h5-13H,1-4H3,(H,22,24)(H,23,25)/b21-12-/t13-/m0/s1. The minimum atomic E-state index is -0.876. The average Bonchev–Trinajstić information content (AvgIpc) is 2.73. The third-order valence-corrected chi connectivity index (χ3v) is 3.98. The largest absolute Gasteiger partial charge is 0.497 e. The van der Waals surface area contributed by atoms with Crippen LogP contribution < -0.4 is 25.0 Å². The van der Waals surface area contributed by atoms with E-state index in [1.807, 2.05) is 12.1 Å². The highest BCUT2D eigenvalue weighted by Gasteiger charge is 2.16. The molecule has 0 bridgehead atoms. The van der Waals surface area contributed by atoms with E-state index < -0.39 is 11.8 Å². The topological polar surface area (TPSA) is 98.2 Å². The molecule has 0 aliphatic rings. The molecule has 2 rings (SSSR count). The van der Waals surface area contributed by atoms with Crippen molar-refractivity contribution in [3.05, 3.63) is 53.6 Å². The van der Waals surface area contributed by atoms with E-state index in [9.17, 15) is 9.59 Å². The molecule has 8 nitrogen and oxygen atoms in total. The van der Waals surface area contributed by atoms with Crippen molar-refractivity contribution in [2.75, 3.05) is 21.3 Å². The van der Waals surface area contributed by atoms with Crippen LogP contribution in [0.15, 0.2) is 47.6 Å². The van der Waals surface area contributed by atoms with Crippen molar-refractivity contribution in [3.63, 3.8) is 0 Å². The molecule has 2 amide bonds. The molecule has 28 heavy (non-hydrogen) atoms. The number of nitrogens with zero attached hydrogens (tertiary/aromatic N) is 1. The molecule has 8 heteroatoms. The Labute approximate surface area is 163 Å². The molecule has 0 saturated heterocycles. The number of amides is 2. The fourth-order valence-corrected chi connectivity index (χ4v) is 2.39. The number of benzene rings is 2. The Kier molecular flexibility index (Phi) is 7.38. The summed E-state index contributed by atoms with van der Waals surface area (Å²) in [7, 11) is 4.64. The van der Waals surface area contributed by atoms with Gasteiger partial charge in [0.2, 0.25) is 0 Å². The Morgan fingerprint density at radius 3 is 2.18 bits per heavy atom. The molecule has 1 atom stereocenters.